The van der Waals surface area contributed by atoms with Crippen LogP contribution in [-0.2, 0) is 11.3 Å². The highest BCUT2D eigenvalue weighted by molar-refractivity contribution is 9.10. The number of fused-ring (bicyclic) bond motifs is 1. The van der Waals surface area contributed by atoms with E-state index in [1.807, 2.05) is 6.07 Å². The van der Waals surface area contributed by atoms with Crippen molar-refractivity contribution >= 4 is 27.0 Å². The number of aromatic nitrogens is 2. The molecule has 0 amide bonds. The molecule has 0 spiro atoms. The Bertz CT molecular complexity index is 1040. The largest absolute Gasteiger partial charge is 0.488 e. The Morgan fingerprint density at radius 2 is 2.00 bits per heavy atom. The van der Waals surface area contributed by atoms with Gasteiger partial charge in [0.15, 0.2) is 0 Å². The molecular weight excluding hydrogens is 472 g/mol. The van der Waals surface area contributed by atoms with Crippen LogP contribution in [0.4, 0.5) is 8.78 Å². The summed E-state index contributed by atoms with van der Waals surface area (Å²) in [6.45, 7) is 1.26. The molecule has 0 saturated carbocycles. The zero-order chi connectivity index (χ0) is 21.8. The van der Waals surface area contributed by atoms with Crippen molar-refractivity contribution in [3.05, 3.63) is 58.2 Å². The molecule has 3 aromatic rings. The van der Waals surface area contributed by atoms with E-state index in [-0.39, 0.29) is 16.6 Å². The molecule has 1 aliphatic rings. The molecule has 6 nitrogen and oxygen atoms in total. The van der Waals surface area contributed by atoms with E-state index in [1.54, 1.807) is 25.4 Å². The van der Waals surface area contributed by atoms with Crippen LogP contribution < -0.4 is 14.8 Å². The van der Waals surface area contributed by atoms with Crippen LogP contribution in [0.3, 0.4) is 0 Å². The molecule has 1 aliphatic heterocycles. The summed E-state index contributed by atoms with van der Waals surface area (Å²) in [5.74, 6) is -0.0833. The summed E-state index contributed by atoms with van der Waals surface area (Å²) < 4.78 is 44.2. The normalized spacial score (nSPS) is 18.8. The minimum Gasteiger partial charge on any atom is -0.488 e. The number of halogens is 3. The molecule has 2 atom stereocenters. The molecule has 0 bridgehead atoms. The molecule has 1 fully saturated rings. The maximum absolute atomic E-state index is 13.7. The van der Waals surface area contributed by atoms with Crippen LogP contribution in [0, 0.1) is 11.6 Å². The van der Waals surface area contributed by atoms with E-state index in [0.717, 1.165) is 18.4 Å². The summed E-state index contributed by atoms with van der Waals surface area (Å²) in [5, 5.41) is 3.30. The summed E-state index contributed by atoms with van der Waals surface area (Å²) in [5.41, 5.74) is 1.93. The van der Waals surface area contributed by atoms with E-state index in [0.29, 0.717) is 42.5 Å². The topological polar surface area (TPSA) is 65.5 Å². The number of pyridine rings is 2. The SMILES string of the molecule is COc1ccc2nccc(OC[C@@H]3CC[C@@H](NCc4cc(F)c(Br)c(F)c4)CO3)c2n1. The summed E-state index contributed by atoms with van der Waals surface area (Å²) in [7, 11) is 1.56. The lowest BCUT2D eigenvalue weighted by atomic mass is 10.0. The van der Waals surface area contributed by atoms with Gasteiger partial charge in [-0.05, 0) is 52.5 Å². The lowest BCUT2D eigenvalue weighted by Crippen LogP contribution is -2.41. The molecule has 0 aliphatic carbocycles. The Labute approximate surface area is 187 Å². The number of ether oxygens (including phenoxy) is 3. The molecule has 1 N–H and O–H groups in total. The van der Waals surface area contributed by atoms with Gasteiger partial charge in [-0.1, -0.05) is 0 Å². The number of hydrogen-bond acceptors (Lipinski definition) is 6. The number of rotatable bonds is 7. The fourth-order valence-electron chi connectivity index (χ4n) is 3.47. The molecule has 0 radical (unpaired) electrons. The number of benzene rings is 1. The van der Waals surface area contributed by atoms with E-state index >= 15 is 0 Å². The van der Waals surface area contributed by atoms with E-state index in [9.17, 15) is 8.78 Å². The van der Waals surface area contributed by atoms with Crippen LogP contribution in [0.2, 0.25) is 0 Å². The highest BCUT2D eigenvalue weighted by Crippen LogP contribution is 2.25. The van der Waals surface area contributed by atoms with Gasteiger partial charge in [-0.3, -0.25) is 4.98 Å². The zero-order valence-corrected chi connectivity index (χ0v) is 18.5. The van der Waals surface area contributed by atoms with Crippen molar-refractivity contribution in [3.8, 4) is 11.6 Å². The minimum absolute atomic E-state index is 0.0468. The van der Waals surface area contributed by atoms with Crippen molar-refractivity contribution in [2.45, 2.75) is 31.5 Å². The van der Waals surface area contributed by atoms with Crippen LogP contribution in [0.5, 0.6) is 11.6 Å². The lowest BCUT2D eigenvalue weighted by Gasteiger charge is -2.29. The van der Waals surface area contributed by atoms with E-state index in [2.05, 4.69) is 31.2 Å². The summed E-state index contributed by atoms with van der Waals surface area (Å²) in [6.07, 6.45) is 3.31. The summed E-state index contributed by atoms with van der Waals surface area (Å²) in [4.78, 5) is 8.72. The molecular formula is C22H22BrF2N3O3. The van der Waals surface area contributed by atoms with Crippen molar-refractivity contribution in [2.75, 3.05) is 20.3 Å². The predicted molar refractivity (Wildman–Crippen MR) is 115 cm³/mol. The third-order valence-electron chi connectivity index (χ3n) is 5.16. The predicted octanol–water partition coefficient (Wildman–Crippen LogP) is 4.40. The lowest BCUT2D eigenvalue weighted by molar-refractivity contribution is -0.0262. The maximum atomic E-state index is 13.7. The monoisotopic (exact) mass is 493 g/mol. The fraction of sp³-hybridized carbons (Fsp3) is 0.364. The Hall–Kier alpha value is -2.36. The van der Waals surface area contributed by atoms with Gasteiger partial charge in [-0.15, -0.1) is 0 Å². The first kappa shape index (κ1) is 21.9. The van der Waals surface area contributed by atoms with Gasteiger partial charge in [0.1, 0.15) is 29.5 Å². The maximum Gasteiger partial charge on any atom is 0.213 e. The highest BCUT2D eigenvalue weighted by atomic mass is 79.9. The van der Waals surface area contributed by atoms with Gasteiger partial charge in [-0.2, -0.15) is 0 Å². The molecule has 0 unspecified atom stereocenters. The van der Waals surface area contributed by atoms with Gasteiger partial charge in [0.25, 0.3) is 0 Å². The summed E-state index contributed by atoms with van der Waals surface area (Å²) in [6, 6.07) is 8.13. The number of methoxy groups -OCH3 is 1. The second kappa shape index (κ2) is 9.84. The average molecular weight is 494 g/mol. The zero-order valence-electron chi connectivity index (χ0n) is 16.9. The third-order valence-corrected chi connectivity index (χ3v) is 5.92. The Morgan fingerprint density at radius 1 is 1.19 bits per heavy atom. The van der Waals surface area contributed by atoms with Crippen LogP contribution in [0.1, 0.15) is 18.4 Å². The minimum atomic E-state index is -0.607. The van der Waals surface area contributed by atoms with Gasteiger partial charge >= 0.3 is 0 Å². The van der Waals surface area contributed by atoms with E-state index < -0.39 is 11.6 Å². The van der Waals surface area contributed by atoms with Crippen molar-refractivity contribution in [2.24, 2.45) is 0 Å². The Balaban J connectivity index is 1.28. The van der Waals surface area contributed by atoms with Gasteiger partial charge in [-0.25, -0.2) is 13.8 Å². The van der Waals surface area contributed by atoms with Gasteiger partial charge in [0.05, 0.1) is 29.8 Å². The molecule has 31 heavy (non-hydrogen) atoms. The first-order chi connectivity index (χ1) is 15.0. The number of nitrogens with one attached hydrogen (secondary N) is 1. The van der Waals surface area contributed by atoms with E-state index in [1.165, 1.54) is 12.1 Å². The standard InChI is InChI=1S/C22H22BrF2N3O3/c1-29-20-5-4-18-22(28-20)19(6-7-26-18)31-12-15-3-2-14(11-30-15)27-10-13-8-16(24)21(23)17(25)9-13/h4-9,14-15,27H,2-3,10-12H2,1H3/t14-,15+/m1/s1. The van der Waals surface area contributed by atoms with Crippen LogP contribution in [0.25, 0.3) is 11.0 Å². The number of hydrogen-bond donors (Lipinski definition) is 1. The quantitative estimate of drug-likeness (QED) is 0.492. The fourth-order valence-corrected chi connectivity index (χ4v) is 3.70. The van der Waals surface area contributed by atoms with Crippen LogP contribution >= 0.6 is 15.9 Å². The number of nitrogens with zero attached hydrogens (tertiary/aromatic N) is 2. The second-order valence-corrected chi connectivity index (χ2v) is 8.12. The van der Waals surface area contributed by atoms with Crippen molar-refractivity contribution in [3.63, 3.8) is 0 Å². The Morgan fingerprint density at radius 3 is 2.71 bits per heavy atom. The van der Waals surface area contributed by atoms with E-state index in [4.69, 9.17) is 14.2 Å². The molecule has 1 saturated heterocycles. The summed E-state index contributed by atoms with van der Waals surface area (Å²) >= 11 is 2.88. The first-order valence-electron chi connectivity index (χ1n) is 9.94. The smallest absolute Gasteiger partial charge is 0.213 e. The van der Waals surface area contributed by atoms with Gasteiger partial charge in [0.2, 0.25) is 5.88 Å². The third kappa shape index (κ3) is 5.28. The highest BCUT2D eigenvalue weighted by Gasteiger charge is 2.22. The first-order valence-corrected chi connectivity index (χ1v) is 10.7. The molecule has 2 aromatic heterocycles. The van der Waals surface area contributed by atoms with Gasteiger partial charge < -0.3 is 19.5 Å². The molecule has 9 heteroatoms. The molecule has 164 valence electrons. The Kier molecular flexibility index (Phi) is 6.94. The average Bonchev–Trinajstić information content (AvgIpc) is 2.80. The van der Waals surface area contributed by atoms with Crippen LogP contribution in [0.15, 0.2) is 41.0 Å². The van der Waals surface area contributed by atoms with Crippen molar-refractivity contribution in [1.82, 2.24) is 15.3 Å². The van der Waals surface area contributed by atoms with Crippen molar-refractivity contribution < 1.29 is 23.0 Å². The second-order valence-electron chi connectivity index (χ2n) is 7.33. The van der Waals surface area contributed by atoms with Crippen molar-refractivity contribution in [1.29, 1.82) is 0 Å². The molecule has 3 heterocycles. The van der Waals surface area contributed by atoms with Gasteiger partial charge in [0, 0.05) is 30.9 Å². The van der Waals surface area contributed by atoms with Crippen LogP contribution in [-0.4, -0.2) is 42.4 Å². The molecule has 4 rings (SSSR count). The molecule has 1 aromatic carbocycles.